The van der Waals surface area contributed by atoms with Gasteiger partial charge in [0.2, 0.25) is 0 Å². The highest BCUT2D eigenvalue weighted by atomic mass is 79.9. The summed E-state index contributed by atoms with van der Waals surface area (Å²) in [7, 11) is 5.84. The summed E-state index contributed by atoms with van der Waals surface area (Å²) in [5, 5.41) is 4.46. The molecule has 0 spiro atoms. The number of halogens is 1. The molecular weight excluding hydrogens is 334 g/mol. The molecular formula is C14H28BrN5O. The monoisotopic (exact) mass is 361 g/mol. The Kier molecular flexibility index (Phi) is 7.29. The van der Waals surface area contributed by atoms with Gasteiger partial charge in [-0.1, -0.05) is 13.8 Å². The number of aromatic nitrogens is 2. The van der Waals surface area contributed by atoms with Gasteiger partial charge in [0, 0.05) is 13.7 Å². The molecule has 1 aromatic rings. The van der Waals surface area contributed by atoms with Crippen LogP contribution in [0.3, 0.4) is 0 Å². The zero-order valence-corrected chi connectivity index (χ0v) is 15.3. The first-order valence-corrected chi connectivity index (χ1v) is 8.12. The highest BCUT2D eigenvalue weighted by Crippen LogP contribution is 2.37. The second-order valence-electron chi connectivity index (χ2n) is 5.48. The van der Waals surface area contributed by atoms with Crippen LogP contribution in [0.2, 0.25) is 0 Å². The van der Waals surface area contributed by atoms with Gasteiger partial charge >= 0.3 is 0 Å². The smallest absolute Gasteiger partial charge is 0.0929 e. The van der Waals surface area contributed by atoms with E-state index in [1.807, 2.05) is 10.9 Å². The molecule has 3 N–H and O–H groups in total. The van der Waals surface area contributed by atoms with Crippen molar-refractivity contribution in [1.82, 2.24) is 20.1 Å². The summed E-state index contributed by atoms with van der Waals surface area (Å²) in [5.74, 6) is 5.87. The molecule has 1 heterocycles. The van der Waals surface area contributed by atoms with Gasteiger partial charge in [-0.3, -0.25) is 10.5 Å². The lowest BCUT2D eigenvalue weighted by molar-refractivity contribution is -0.0510. The van der Waals surface area contributed by atoms with Gasteiger partial charge in [-0.2, -0.15) is 5.10 Å². The molecule has 1 rings (SSSR count). The van der Waals surface area contributed by atoms with Crippen LogP contribution in [0.25, 0.3) is 0 Å². The van der Waals surface area contributed by atoms with Crippen LogP contribution < -0.4 is 11.3 Å². The largest absolute Gasteiger partial charge is 0.376 e. The van der Waals surface area contributed by atoms with Crippen LogP contribution in [0, 0.1) is 0 Å². The maximum absolute atomic E-state index is 5.87. The molecule has 0 radical (unpaired) electrons. The standard InChI is InChI=1S/C14H28BrN5O/c1-6-14(7-2,21-5)13(18-16)12-11(15)10-17-20(12)9-8-19(3)4/h10,13,18H,6-9,16H2,1-5H3. The topological polar surface area (TPSA) is 68.3 Å². The fourth-order valence-electron chi connectivity index (χ4n) is 2.68. The van der Waals surface area contributed by atoms with Crippen molar-refractivity contribution < 1.29 is 4.74 Å². The van der Waals surface area contributed by atoms with Crippen LogP contribution in [0.5, 0.6) is 0 Å². The van der Waals surface area contributed by atoms with Crippen molar-refractivity contribution >= 4 is 15.9 Å². The molecule has 0 saturated carbocycles. The molecule has 0 aliphatic carbocycles. The quantitative estimate of drug-likeness (QED) is 0.519. The molecule has 21 heavy (non-hydrogen) atoms. The molecule has 0 saturated heterocycles. The molecule has 7 heteroatoms. The minimum absolute atomic E-state index is 0.128. The summed E-state index contributed by atoms with van der Waals surface area (Å²) in [6.07, 6.45) is 3.54. The molecule has 0 fully saturated rings. The van der Waals surface area contributed by atoms with Crippen LogP contribution in [0.4, 0.5) is 0 Å². The van der Waals surface area contributed by atoms with Crippen molar-refractivity contribution in [2.75, 3.05) is 27.7 Å². The van der Waals surface area contributed by atoms with E-state index in [-0.39, 0.29) is 11.6 Å². The number of nitrogens with zero attached hydrogens (tertiary/aromatic N) is 3. The zero-order valence-electron chi connectivity index (χ0n) is 13.7. The maximum atomic E-state index is 5.87. The van der Waals surface area contributed by atoms with E-state index in [1.165, 1.54) is 0 Å². The number of nitrogens with two attached hydrogens (primary N) is 1. The first kappa shape index (κ1) is 18.6. The fourth-order valence-corrected chi connectivity index (χ4v) is 3.20. The number of rotatable bonds is 9. The van der Waals surface area contributed by atoms with Crippen LogP contribution in [-0.2, 0) is 11.3 Å². The number of methoxy groups -OCH3 is 1. The molecule has 0 aliphatic heterocycles. The Morgan fingerprint density at radius 1 is 1.48 bits per heavy atom. The van der Waals surface area contributed by atoms with Gasteiger partial charge in [0.05, 0.1) is 34.6 Å². The van der Waals surface area contributed by atoms with E-state index < -0.39 is 0 Å². The first-order chi connectivity index (χ1) is 9.95. The van der Waals surface area contributed by atoms with Gasteiger partial charge in [0.1, 0.15) is 0 Å². The summed E-state index contributed by atoms with van der Waals surface area (Å²) in [6.45, 7) is 5.95. The van der Waals surface area contributed by atoms with Crippen molar-refractivity contribution in [2.45, 2.75) is 44.9 Å². The number of ether oxygens (including phenoxy) is 1. The first-order valence-electron chi connectivity index (χ1n) is 7.32. The molecule has 0 bridgehead atoms. The molecule has 6 nitrogen and oxygen atoms in total. The molecule has 1 aromatic heterocycles. The number of hydrogen-bond acceptors (Lipinski definition) is 5. The Morgan fingerprint density at radius 2 is 2.10 bits per heavy atom. The van der Waals surface area contributed by atoms with Gasteiger partial charge in [0.25, 0.3) is 0 Å². The van der Waals surface area contributed by atoms with Gasteiger partial charge in [-0.25, -0.2) is 5.43 Å². The Hall–Kier alpha value is -0.470. The molecule has 1 unspecified atom stereocenters. The van der Waals surface area contributed by atoms with Crippen molar-refractivity contribution in [1.29, 1.82) is 0 Å². The van der Waals surface area contributed by atoms with Gasteiger partial charge < -0.3 is 9.64 Å². The molecule has 1 atom stereocenters. The fraction of sp³-hybridized carbons (Fsp3) is 0.786. The van der Waals surface area contributed by atoms with Crippen LogP contribution in [0.15, 0.2) is 10.7 Å². The third-order valence-electron chi connectivity index (χ3n) is 4.16. The van der Waals surface area contributed by atoms with Gasteiger partial charge in [-0.05, 0) is 42.9 Å². The van der Waals surface area contributed by atoms with E-state index in [2.05, 4.69) is 59.3 Å². The van der Waals surface area contributed by atoms with E-state index >= 15 is 0 Å². The average Bonchev–Trinajstić information content (AvgIpc) is 2.84. The summed E-state index contributed by atoms with van der Waals surface area (Å²) < 4.78 is 8.78. The summed E-state index contributed by atoms with van der Waals surface area (Å²) in [6, 6.07) is -0.128. The van der Waals surface area contributed by atoms with Crippen LogP contribution in [-0.4, -0.2) is 48.0 Å². The van der Waals surface area contributed by atoms with Crippen LogP contribution >= 0.6 is 15.9 Å². The normalized spacial score (nSPS) is 13.9. The number of nitrogens with one attached hydrogen (secondary N) is 1. The van der Waals surface area contributed by atoms with Crippen molar-refractivity contribution in [3.8, 4) is 0 Å². The van der Waals surface area contributed by atoms with Crippen molar-refractivity contribution in [2.24, 2.45) is 5.84 Å². The van der Waals surface area contributed by atoms with Crippen molar-refractivity contribution in [3.05, 3.63) is 16.4 Å². The van der Waals surface area contributed by atoms with E-state index in [9.17, 15) is 0 Å². The average molecular weight is 362 g/mol. The SMILES string of the molecule is CCC(CC)(OC)C(NN)c1c(Br)cnn1CCN(C)C. The van der Waals surface area contributed by atoms with E-state index in [4.69, 9.17) is 10.6 Å². The van der Waals surface area contributed by atoms with E-state index in [1.54, 1.807) is 7.11 Å². The molecule has 122 valence electrons. The Morgan fingerprint density at radius 3 is 2.52 bits per heavy atom. The Bertz CT molecular complexity index is 423. The third kappa shape index (κ3) is 4.04. The lowest BCUT2D eigenvalue weighted by Gasteiger charge is -2.38. The second-order valence-corrected chi connectivity index (χ2v) is 6.33. The zero-order chi connectivity index (χ0) is 16.0. The second kappa shape index (κ2) is 8.24. The lowest BCUT2D eigenvalue weighted by Crippen LogP contribution is -2.48. The Balaban J connectivity index is 3.18. The van der Waals surface area contributed by atoms with Gasteiger partial charge in [0.15, 0.2) is 0 Å². The summed E-state index contributed by atoms with van der Waals surface area (Å²) in [5.41, 5.74) is 3.62. The summed E-state index contributed by atoms with van der Waals surface area (Å²) in [4.78, 5) is 2.13. The number of likely N-dealkylation sites (N-methyl/N-ethyl adjacent to an activating group) is 1. The highest BCUT2D eigenvalue weighted by molar-refractivity contribution is 9.10. The predicted molar refractivity (Wildman–Crippen MR) is 88.9 cm³/mol. The van der Waals surface area contributed by atoms with Crippen molar-refractivity contribution in [3.63, 3.8) is 0 Å². The maximum Gasteiger partial charge on any atom is 0.0929 e. The van der Waals surface area contributed by atoms with E-state index in [0.717, 1.165) is 36.1 Å². The van der Waals surface area contributed by atoms with E-state index in [0.29, 0.717) is 0 Å². The minimum atomic E-state index is -0.354. The molecule has 0 aromatic carbocycles. The Labute approximate surface area is 136 Å². The molecule has 0 aliphatic rings. The number of hydrazine groups is 1. The molecule has 0 amide bonds. The minimum Gasteiger partial charge on any atom is -0.376 e. The van der Waals surface area contributed by atoms with Gasteiger partial charge in [-0.15, -0.1) is 0 Å². The lowest BCUT2D eigenvalue weighted by atomic mass is 9.86. The predicted octanol–water partition coefficient (Wildman–Crippen LogP) is 1.92. The summed E-state index contributed by atoms with van der Waals surface area (Å²) >= 11 is 3.60. The number of hydrogen-bond donors (Lipinski definition) is 2. The highest BCUT2D eigenvalue weighted by Gasteiger charge is 2.39. The third-order valence-corrected chi connectivity index (χ3v) is 4.77. The van der Waals surface area contributed by atoms with Crippen LogP contribution in [0.1, 0.15) is 38.4 Å².